The van der Waals surface area contributed by atoms with Crippen LogP contribution in [0.25, 0.3) is 88.7 Å². The number of nitrogens with zero attached hydrogens (tertiary/aromatic N) is 6. The minimum Gasteiger partial charge on any atom is -0.254 e. The number of fused-ring (bicyclic) bond motifs is 8. The monoisotopic (exact) mass is 666 g/mol. The lowest BCUT2D eigenvalue weighted by molar-refractivity contribution is 0.893. The summed E-state index contributed by atoms with van der Waals surface area (Å²) in [5.41, 5.74) is 11.6. The van der Waals surface area contributed by atoms with Gasteiger partial charge in [-0.1, -0.05) is 84.9 Å². The van der Waals surface area contributed by atoms with Gasteiger partial charge in [-0.2, -0.15) is 0 Å². The minimum atomic E-state index is 0.792. The van der Waals surface area contributed by atoms with E-state index in [1.807, 2.05) is 60.9 Å². The number of hydrogen-bond acceptors (Lipinski definition) is 6. The van der Waals surface area contributed by atoms with Gasteiger partial charge in [-0.05, 0) is 84.7 Å². The summed E-state index contributed by atoms with van der Waals surface area (Å²) >= 11 is 0. The Kier molecular flexibility index (Phi) is 7.17. The molecule has 0 atom stereocenters. The van der Waals surface area contributed by atoms with Crippen LogP contribution in [0.2, 0.25) is 0 Å². The van der Waals surface area contributed by atoms with Gasteiger partial charge in [0.2, 0.25) is 0 Å². The Morgan fingerprint density at radius 3 is 1.90 bits per heavy atom. The Balaban J connectivity index is 0.952. The Hall–Kier alpha value is -6.92. The van der Waals surface area contributed by atoms with E-state index in [2.05, 4.69) is 102 Å². The van der Waals surface area contributed by atoms with E-state index in [0.29, 0.717) is 0 Å². The van der Waals surface area contributed by atoms with Gasteiger partial charge in [0.25, 0.3) is 0 Å². The predicted molar refractivity (Wildman–Crippen MR) is 213 cm³/mol. The second-order valence-electron chi connectivity index (χ2n) is 13.1. The van der Waals surface area contributed by atoms with Gasteiger partial charge in [0.05, 0.1) is 44.5 Å². The molecule has 0 aliphatic heterocycles. The quantitative estimate of drug-likeness (QED) is 0.164. The lowest BCUT2D eigenvalue weighted by atomic mass is 9.98. The first-order chi connectivity index (χ1) is 25.7. The van der Waals surface area contributed by atoms with Gasteiger partial charge in [0.15, 0.2) is 0 Å². The molecule has 0 amide bonds. The molecule has 0 aliphatic carbocycles. The van der Waals surface area contributed by atoms with Gasteiger partial charge >= 0.3 is 0 Å². The molecule has 0 N–H and O–H groups in total. The molecule has 0 fully saturated rings. The van der Waals surface area contributed by atoms with Crippen LogP contribution in [0, 0.1) is 0 Å². The molecular formula is C46H30N6. The van der Waals surface area contributed by atoms with Crippen LogP contribution in [-0.2, 0) is 12.8 Å². The van der Waals surface area contributed by atoms with Gasteiger partial charge in [-0.25, -0.2) is 9.97 Å². The van der Waals surface area contributed by atoms with E-state index >= 15 is 0 Å². The molecule has 6 heteroatoms. The Morgan fingerprint density at radius 1 is 0.404 bits per heavy atom. The van der Waals surface area contributed by atoms with Crippen molar-refractivity contribution in [3.8, 4) is 11.1 Å². The van der Waals surface area contributed by atoms with Crippen molar-refractivity contribution in [1.82, 2.24) is 29.9 Å². The van der Waals surface area contributed by atoms with E-state index in [1.54, 1.807) is 0 Å². The maximum Gasteiger partial charge on any atom is 0.0972 e. The van der Waals surface area contributed by atoms with E-state index in [9.17, 15) is 0 Å². The standard InChI is InChI=1S/C46H30N6/c1-2-6-41-29(4-1)11-16-35(49-41)20-22-38-19-14-33-15-24-40-39(25-27-48-46(40)45(33)52-38)34-10-7-30-12-17-36(50-42(30)28-34)21-23-37-18-13-32-9-8-31-5-3-26-47-43(31)44(32)51-37/h1-20,22,24-28H,21,23H2. The molecule has 0 unspecified atom stereocenters. The zero-order valence-corrected chi connectivity index (χ0v) is 28.1. The lowest BCUT2D eigenvalue weighted by Gasteiger charge is -2.10. The Bertz CT molecular complexity index is 3040. The molecule has 0 radical (unpaired) electrons. The van der Waals surface area contributed by atoms with Crippen molar-refractivity contribution in [3.05, 3.63) is 169 Å². The number of hydrogen-bond donors (Lipinski definition) is 0. The molecule has 52 heavy (non-hydrogen) atoms. The third-order valence-corrected chi connectivity index (χ3v) is 9.82. The summed E-state index contributed by atoms with van der Waals surface area (Å²) in [6.07, 6.45) is 9.32. The van der Waals surface area contributed by atoms with Crippen molar-refractivity contribution in [3.63, 3.8) is 0 Å². The van der Waals surface area contributed by atoms with E-state index in [-0.39, 0.29) is 0 Å². The minimum absolute atomic E-state index is 0.792. The van der Waals surface area contributed by atoms with Crippen LogP contribution in [0.4, 0.5) is 0 Å². The molecule has 0 aliphatic rings. The summed E-state index contributed by atoms with van der Waals surface area (Å²) in [7, 11) is 0. The largest absolute Gasteiger partial charge is 0.254 e. The van der Waals surface area contributed by atoms with Crippen molar-refractivity contribution < 1.29 is 0 Å². The molecule has 244 valence electrons. The van der Waals surface area contributed by atoms with Crippen LogP contribution >= 0.6 is 0 Å². The topological polar surface area (TPSA) is 77.3 Å². The molecule has 0 saturated carbocycles. The second-order valence-corrected chi connectivity index (χ2v) is 13.1. The van der Waals surface area contributed by atoms with Crippen LogP contribution in [-0.4, -0.2) is 29.9 Å². The summed E-state index contributed by atoms with van der Waals surface area (Å²) in [4.78, 5) is 29.4. The summed E-state index contributed by atoms with van der Waals surface area (Å²) in [6, 6.07) is 46.1. The lowest BCUT2D eigenvalue weighted by Crippen LogP contribution is -1.98. The van der Waals surface area contributed by atoms with Crippen molar-refractivity contribution in [1.29, 1.82) is 0 Å². The normalized spacial score (nSPS) is 11.9. The molecule has 0 saturated heterocycles. The highest BCUT2D eigenvalue weighted by molar-refractivity contribution is 6.09. The van der Waals surface area contributed by atoms with Gasteiger partial charge in [-0.3, -0.25) is 19.9 Å². The third kappa shape index (κ3) is 5.47. The summed E-state index contributed by atoms with van der Waals surface area (Å²) in [6.45, 7) is 0. The third-order valence-electron chi connectivity index (χ3n) is 9.82. The van der Waals surface area contributed by atoms with E-state index in [1.165, 1.54) is 0 Å². The van der Waals surface area contributed by atoms with Crippen LogP contribution in [0.3, 0.4) is 0 Å². The fourth-order valence-electron chi connectivity index (χ4n) is 7.13. The first kappa shape index (κ1) is 29.9. The van der Waals surface area contributed by atoms with E-state index in [0.717, 1.165) is 112 Å². The van der Waals surface area contributed by atoms with Crippen molar-refractivity contribution >= 4 is 77.6 Å². The second kappa shape index (κ2) is 12.4. The molecule has 4 aromatic carbocycles. The van der Waals surface area contributed by atoms with Gasteiger partial charge in [0, 0.05) is 56.1 Å². The van der Waals surface area contributed by atoms with Crippen molar-refractivity contribution in [2.24, 2.45) is 0 Å². The highest BCUT2D eigenvalue weighted by atomic mass is 14.8. The highest BCUT2D eigenvalue weighted by Gasteiger charge is 2.12. The number of pyridine rings is 6. The maximum absolute atomic E-state index is 5.11. The fraction of sp³-hybridized carbons (Fsp3) is 0.0435. The number of para-hydroxylation sites is 1. The van der Waals surface area contributed by atoms with E-state index in [4.69, 9.17) is 24.9 Å². The fourth-order valence-corrected chi connectivity index (χ4v) is 7.13. The van der Waals surface area contributed by atoms with Gasteiger partial charge < -0.3 is 0 Å². The molecule has 0 spiro atoms. The number of aryl methyl sites for hydroxylation is 2. The molecule has 6 nitrogen and oxygen atoms in total. The molecule has 10 rings (SSSR count). The molecule has 0 bridgehead atoms. The van der Waals surface area contributed by atoms with Crippen molar-refractivity contribution in [2.45, 2.75) is 12.8 Å². The highest BCUT2D eigenvalue weighted by Crippen LogP contribution is 2.33. The van der Waals surface area contributed by atoms with Crippen LogP contribution in [0.1, 0.15) is 22.8 Å². The maximum atomic E-state index is 5.11. The zero-order chi connectivity index (χ0) is 34.4. The number of benzene rings is 4. The van der Waals surface area contributed by atoms with Crippen LogP contribution in [0.15, 0.2) is 146 Å². The van der Waals surface area contributed by atoms with Gasteiger partial charge in [-0.15, -0.1) is 0 Å². The summed E-state index contributed by atoms with van der Waals surface area (Å²) in [5, 5.41) is 6.54. The van der Waals surface area contributed by atoms with E-state index < -0.39 is 0 Å². The Labute approximate surface area is 299 Å². The van der Waals surface area contributed by atoms with Crippen LogP contribution in [0.5, 0.6) is 0 Å². The number of aromatic nitrogens is 6. The molecular weight excluding hydrogens is 637 g/mol. The first-order valence-corrected chi connectivity index (χ1v) is 17.5. The van der Waals surface area contributed by atoms with Crippen LogP contribution < -0.4 is 0 Å². The summed E-state index contributed by atoms with van der Waals surface area (Å²) in [5.74, 6) is 0. The molecule has 6 aromatic heterocycles. The smallest absolute Gasteiger partial charge is 0.0972 e. The molecule has 6 heterocycles. The van der Waals surface area contributed by atoms with Gasteiger partial charge in [0.1, 0.15) is 0 Å². The number of rotatable bonds is 6. The predicted octanol–water partition coefficient (Wildman–Crippen LogP) is 10.6. The Morgan fingerprint density at radius 2 is 1.02 bits per heavy atom. The molecule has 10 aromatic rings. The zero-order valence-electron chi connectivity index (χ0n) is 28.1. The van der Waals surface area contributed by atoms with Crippen molar-refractivity contribution in [2.75, 3.05) is 0 Å². The summed E-state index contributed by atoms with van der Waals surface area (Å²) < 4.78 is 0. The first-order valence-electron chi connectivity index (χ1n) is 17.5. The average Bonchev–Trinajstić information content (AvgIpc) is 3.21. The SMILES string of the molecule is C(=Cc1ccc2ccc3c(-c4ccc5ccc(CCc6ccc7ccc8cccnc8c7n6)nc5c4)ccnc3c2n1)c1ccc2ccccc2n1. The average molecular weight is 667 g/mol.